The van der Waals surface area contributed by atoms with Gasteiger partial charge in [0, 0.05) is 38.3 Å². The Hall–Kier alpha value is -2.62. The van der Waals surface area contributed by atoms with E-state index in [1.54, 1.807) is 32.3 Å². The number of carbonyl (C=O) groups excluding carboxylic acids is 2. The van der Waals surface area contributed by atoms with Gasteiger partial charge in [0.15, 0.2) is 5.96 Å². The number of benzene rings is 2. The number of nitrogens with two attached hydrogens (primary N) is 1. The van der Waals surface area contributed by atoms with E-state index in [9.17, 15) is 9.59 Å². The van der Waals surface area contributed by atoms with Crippen LogP contribution in [-0.4, -0.2) is 38.4 Å². The fourth-order valence-electron chi connectivity index (χ4n) is 2.53. The number of carbonyl (C=O) groups is 2. The molecule has 150 valence electrons. The zero-order chi connectivity index (χ0) is 19.6. The summed E-state index contributed by atoms with van der Waals surface area (Å²) in [5.41, 5.74) is 8.46. The van der Waals surface area contributed by atoms with Crippen molar-refractivity contribution < 1.29 is 9.59 Å². The number of guanidine groups is 1. The van der Waals surface area contributed by atoms with Crippen molar-refractivity contribution in [2.24, 2.45) is 10.7 Å². The fraction of sp³-hybridized carbons (Fsp3) is 0.250. The summed E-state index contributed by atoms with van der Waals surface area (Å²) in [7, 11) is 3.32. The summed E-state index contributed by atoms with van der Waals surface area (Å²) < 4.78 is 0. The number of rotatable bonds is 7. The van der Waals surface area contributed by atoms with Gasteiger partial charge in [-0.25, -0.2) is 0 Å². The zero-order valence-electron chi connectivity index (χ0n) is 16.0. The van der Waals surface area contributed by atoms with Crippen molar-refractivity contribution in [2.45, 2.75) is 13.0 Å². The van der Waals surface area contributed by atoms with Crippen LogP contribution in [0.2, 0.25) is 0 Å². The third kappa shape index (κ3) is 7.18. The molecular formula is C20H26IN5O2. The Labute approximate surface area is 182 Å². The predicted molar refractivity (Wildman–Crippen MR) is 122 cm³/mol. The molecule has 5 N–H and O–H groups in total. The maximum absolute atomic E-state index is 11.7. The zero-order valence-corrected chi connectivity index (χ0v) is 18.3. The molecule has 0 aromatic heterocycles. The summed E-state index contributed by atoms with van der Waals surface area (Å²) in [6, 6.07) is 14.7. The van der Waals surface area contributed by atoms with Crippen molar-refractivity contribution in [3.63, 3.8) is 0 Å². The van der Waals surface area contributed by atoms with E-state index in [4.69, 9.17) is 5.73 Å². The van der Waals surface area contributed by atoms with E-state index >= 15 is 0 Å². The first kappa shape index (κ1) is 23.4. The van der Waals surface area contributed by atoms with Crippen LogP contribution in [0.4, 0.5) is 0 Å². The summed E-state index contributed by atoms with van der Waals surface area (Å²) in [6.45, 7) is 1.25. The standard InChI is InChI=1S/C20H25N5O2.HI/c1-22-19(27)17-5-3-4-14(12-17)10-11-24-20(23-2)25-13-15-6-8-16(9-7-15)18(21)26;/h3-9,12H,10-11,13H2,1-2H3,(H2,21,26)(H,22,27)(H2,23,24,25);1H. The minimum atomic E-state index is -0.438. The van der Waals surface area contributed by atoms with Crippen molar-refractivity contribution in [3.8, 4) is 0 Å². The summed E-state index contributed by atoms with van der Waals surface area (Å²) in [6.07, 6.45) is 0.763. The first-order valence-corrected chi connectivity index (χ1v) is 8.67. The van der Waals surface area contributed by atoms with Crippen molar-refractivity contribution in [2.75, 3.05) is 20.6 Å². The maximum atomic E-state index is 11.7. The molecule has 0 heterocycles. The van der Waals surface area contributed by atoms with Gasteiger partial charge in [0.2, 0.25) is 5.91 Å². The molecule has 28 heavy (non-hydrogen) atoms. The fourth-order valence-corrected chi connectivity index (χ4v) is 2.53. The van der Waals surface area contributed by atoms with Gasteiger partial charge in [0.1, 0.15) is 0 Å². The van der Waals surface area contributed by atoms with Crippen molar-refractivity contribution in [3.05, 3.63) is 70.8 Å². The topological polar surface area (TPSA) is 109 Å². The highest BCUT2D eigenvalue weighted by Gasteiger charge is 2.04. The van der Waals surface area contributed by atoms with Crippen LogP contribution in [0.25, 0.3) is 0 Å². The number of primary amides is 1. The van der Waals surface area contributed by atoms with Crippen molar-refractivity contribution >= 4 is 41.8 Å². The van der Waals surface area contributed by atoms with Crippen molar-refractivity contribution in [1.29, 1.82) is 0 Å². The molecule has 0 spiro atoms. The lowest BCUT2D eigenvalue weighted by atomic mass is 10.1. The van der Waals surface area contributed by atoms with E-state index in [1.807, 2.05) is 30.3 Å². The van der Waals surface area contributed by atoms with Crippen LogP contribution in [-0.2, 0) is 13.0 Å². The van der Waals surface area contributed by atoms with Crippen LogP contribution in [0.3, 0.4) is 0 Å². The quantitative estimate of drug-likeness (QED) is 0.266. The molecule has 8 heteroatoms. The second kappa shape index (κ2) is 12.0. The molecule has 0 aliphatic heterocycles. The van der Waals surface area contributed by atoms with Gasteiger partial charge in [-0.2, -0.15) is 0 Å². The molecule has 2 aromatic carbocycles. The van der Waals surface area contributed by atoms with E-state index in [2.05, 4.69) is 20.9 Å². The van der Waals surface area contributed by atoms with Crippen LogP contribution in [0.1, 0.15) is 31.8 Å². The number of nitrogens with one attached hydrogen (secondary N) is 3. The average molecular weight is 495 g/mol. The van der Waals surface area contributed by atoms with Gasteiger partial charge in [0.05, 0.1) is 0 Å². The summed E-state index contributed by atoms with van der Waals surface area (Å²) in [4.78, 5) is 27.0. The number of halogens is 1. The first-order chi connectivity index (χ1) is 13.0. The molecule has 0 radical (unpaired) electrons. The monoisotopic (exact) mass is 495 g/mol. The summed E-state index contributed by atoms with van der Waals surface area (Å²) in [5, 5.41) is 9.09. The highest BCUT2D eigenvalue weighted by atomic mass is 127. The molecule has 0 saturated heterocycles. The van der Waals surface area contributed by atoms with E-state index in [1.165, 1.54) is 0 Å². The van der Waals surface area contributed by atoms with E-state index in [-0.39, 0.29) is 29.9 Å². The third-order valence-electron chi connectivity index (χ3n) is 4.04. The third-order valence-corrected chi connectivity index (χ3v) is 4.04. The molecule has 0 aliphatic rings. The first-order valence-electron chi connectivity index (χ1n) is 8.67. The molecule has 2 rings (SSSR count). The lowest BCUT2D eigenvalue weighted by molar-refractivity contribution is 0.0961. The normalized spacial score (nSPS) is 10.6. The largest absolute Gasteiger partial charge is 0.366 e. The van der Waals surface area contributed by atoms with Gasteiger partial charge in [-0.15, -0.1) is 24.0 Å². The second-order valence-corrected chi connectivity index (χ2v) is 5.94. The number of nitrogens with zero attached hydrogens (tertiary/aromatic N) is 1. The molecule has 2 amide bonds. The Morgan fingerprint density at radius 2 is 1.71 bits per heavy atom. The number of hydrogen-bond acceptors (Lipinski definition) is 3. The number of hydrogen-bond donors (Lipinski definition) is 4. The van der Waals surface area contributed by atoms with Gasteiger partial charge in [-0.05, 0) is 41.8 Å². The molecular weight excluding hydrogens is 469 g/mol. The highest BCUT2D eigenvalue weighted by molar-refractivity contribution is 14.0. The Balaban J connectivity index is 0.00000392. The Bertz CT molecular complexity index is 822. The Morgan fingerprint density at radius 1 is 1.00 bits per heavy atom. The average Bonchev–Trinajstić information content (AvgIpc) is 2.70. The minimum absolute atomic E-state index is 0. The lowest BCUT2D eigenvalue weighted by Gasteiger charge is -2.12. The molecule has 0 aliphatic carbocycles. The van der Waals surface area contributed by atoms with E-state index in [0.717, 1.165) is 17.5 Å². The highest BCUT2D eigenvalue weighted by Crippen LogP contribution is 2.06. The van der Waals surface area contributed by atoms with Crippen LogP contribution in [0, 0.1) is 0 Å². The second-order valence-electron chi connectivity index (χ2n) is 5.94. The maximum Gasteiger partial charge on any atom is 0.251 e. The smallest absolute Gasteiger partial charge is 0.251 e. The lowest BCUT2D eigenvalue weighted by Crippen LogP contribution is -2.37. The predicted octanol–water partition coefficient (Wildman–Crippen LogP) is 1.67. The Morgan fingerprint density at radius 3 is 2.32 bits per heavy atom. The molecule has 0 atom stereocenters. The van der Waals surface area contributed by atoms with Gasteiger partial charge < -0.3 is 21.7 Å². The van der Waals surface area contributed by atoms with Gasteiger partial charge in [-0.3, -0.25) is 14.6 Å². The SMILES string of the molecule is CN=C(NCCc1cccc(C(=O)NC)c1)NCc1ccc(C(N)=O)cc1.I. The van der Waals surface area contributed by atoms with Gasteiger partial charge in [-0.1, -0.05) is 24.3 Å². The summed E-state index contributed by atoms with van der Waals surface area (Å²) >= 11 is 0. The van der Waals surface area contributed by atoms with Crippen LogP contribution in [0.5, 0.6) is 0 Å². The summed E-state index contributed by atoms with van der Waals surface area (Å²) in [5.74, 6) is 0.147. The van der Waals surface area contributed by atoms with Crippen LogP contribution >= 0.6 is 24.0 Å². The molecule has 2 aromatic rings. The van der Waals surface area contributed by atoms with Gasteiger partial charge >= 0.3 is 0 Å². The van der Waals surface area contributed by atoms with Crippen LogP contribution < -0.4 is 21.7 Å². The molecule has 0 unspecified atom stereocenters. The van der Waals surface area contributed by atoms with Crippen LogP contribution in [0.15, 0.2) is 53.5 Å². The minimum Gasteiger partial charge on any atom is -0.366 e. The Kier molecular flexibility index (Phi) is 10.0. The number of aliphatic imine (C=N–C) groups is 1. The van der Waals surface area contributed by atoms with Gasteiger partial charge in [0.25, 0.3) is 5.91 Å². The number of amides is 2. The van der Waals surface area contributed by atoms with E-state index in [0.29, 0.717) is 30.2 Å². The van der Waals surface area contributed by atoms with Crippen molar-refractivity contribution in [1.82, 2.24) is 16.0 Å². The molecule has 0 bridgehead atoms. The molecule has 0 fully saturated rings. The van der Waals surface area contributed by atoms with E-state index < -0.39 is 5.91 Å². The molecule has 0 saturated carbocycles. The molecule has 7 nitrogen and oxygen atoms in total.